The number of ether oxygens (including phenoxy) is 1. The average Bonchev–Trinajstić information content (AvgIpc) is 2.61. The van der Waals surface area contributed by atoms with Crippen molar-refractivity contribution in [2.24, 2.45) is 0 Å². The van der Waals surface area contributed by atoms with Crippen LogP contribution in [0.25, 0.3) is 0 Å². The molecule has 5 heteroatoms. The van der Waals surface area contributed by atoms with Crippen LogP contribution in [0.3, 0.4) is 0 Å². The monoisotopic (exact) mass is 345 g/mol. The molecule has 1 amide bonds. The fourth-order valence-corrected chi connectivity index (χ4v) is 3.47. The summed E-state index contributed by atoms with van der Waals surface area (Å²) in [5.74, 6) is 1.45. The van der Waals surface area contributed by atoms with Crippen LogP contribution in [-0.4, -0.2) is 23.0 Å². The Bertz CT molecular complexity index is 688. The van der Waals surface area contributed by atoms with E-state index in [4.69, 9.17) is 4.74 Å². The molecule has 1 N–H and O–H groups in total. The van der Waals surface area contributed by atoms with Crippen LogP contribution in [0.1, 0.15) is 30.5 Å². The van der Waals surface area contributed by atoms with Gasteiger partial charge >= 0.3 is 0 Å². The van der Waals surface area contributed by atoms with Gasteiger partial charge in [-0.1, -0.05) is 42.5 Å². The van der Waals surface area contributed by atoms with Gasteiger partial charge in [-0.05, 0) is 30.2 Å². The third kappa shape index (κ3) is 5.81. The molecular formula is C19H23NO3S. The van der Waals surface area contributed by atoms with E-state index in [0.29, 0.717) is 11.5 Å². The number of hydrogen-bond acceptors (Lipinski definition) is 3. The summed E-state index contributed by atoms with van der Waals surface area (Å²) >= 11 is 0. The molecule has 0 saturated carbocycles. The van der Waals surface area contributed by atoms with Gasteiger partial charge in [-0.25, -0.2) is 0 Å². The Morgan fingerprint density at radius 2 is 1.92 bits per heavy atom. The van der Waals surface area contributed by atoms with Gasteiger partial charge in [0.2, 0.25) is 5.91 Å². The quantitative estimate of drug-likeness (QED) is 0.799. The summed E-state index contributed by atoms with van der Waals surface area (Å²) in [6.07, 6.45) is 0.258. The first kappa shape index (κ1) is 18.2. The molecule has 0 radical (unpaired) electrons. The number of nitrogens with one attached hydrogen (secondary N) is 1. The van der Waals surface area contributed by atoms with Crippen LogP contribution in [0.5, 0.6) is 5.75 Å². The van der Waals surface area contributed by atoms with Crippen molar-refractivity contribution in [3.63, 3.8) is 0 Å². The zero-order valence-electron chi connectivity index (χ0n) is 14.0. The lowest BCUT2D eigenvalue weighted by Gasteiger charge is -2.14. The van der Waals surface area contributed by atoms with Gasteiger partial charge in [0.25, 0.3) is 0 Å². The van der Waals surface area contributed by atoms with Crippen molar-refractivity contribution in [3.8, 4) is 5.75 Å². The van der Waals surface area contributed by atoms with Crippen molar-refractivity contribution in [2.45, 2.75) is 25.1 Å². The largest absolute Gasteiger partial charge is 0.497 e. The lowest BCUT2D eigenvalue weighted by atomic mass is 10.1. The minimum Gasteiger partial charge on any atom is -0.497 e. The van der Waals surface area contributed by atoms with Gasteiger partial charge in [-0.2, -0.15) is 0 Å². The number of carbonyl (C=O) groups is 1. The Morgan fingerprint density at radius 3 is 2.62 bits per heavy atom. The summed E-state index contributed by atoms with van der Waals surface area (Å²) in [7, 11) is 0.528. The zero-order chi connectivity index (χ0) is 17.4. The third-order valence-corrected chi connectivity index (χ3v) is 5.01. The fourth-order valence-electron chi connectivity index (χ4n) is 2.37. The lowest BCUT2D eigenvalue weighted by molar-refractivity contribution is -0.121. The van der Waals surface area contributed by atoms with Crippen molar-refractivity contribution in [2.75, 3.05) is 12.9 Å². The predicted molar refractivity (Wildman–Crippen MR) is 97.3 cm³/mol. The lowest BCUT2D eigenvalue weighted by Crippen LogP contribution is -2.27. The molecule has 2 unspecified atom stereocenters. The minimum atomic E-state index is -1.08. The van der Waals surface area contributed by atoms with Crippen molar-refractivity contribution < 1.29 is 13.7 Å². The molecule has 2 atom stereocenters. The van der Waals surface area contributed by atoms with E-state index in [-0.39, 0.29) is 18.4 Å². The topological polar surface area (TPSA) is 55.4 Å². The van der Waals surface area contributed by atoms with Gasteiger partial charge in [0, 0.05) is 28.7 Å². The number of methoxy groups -OCH3 is 1. The minimum absolute atomic E-state index is 0.0504. The first-order valence-electron chi connectivity index (χ1n) is 7.90. The second-order valence-electron chi connectivity index (χ2n) is 5.59. The number of amides is 1. The van der Waals surface area contributed by atoms with Crippen LogP contribution < -0.4 is 10.1 Å². The van der Waals surface area contributed by atoms with Gasteiger partial charge in [-0.3, -0.25) is 9.00 Å². The number of rotatable bonds is 8. The Morgan fingerprint density at radius 1 is 1.17 bits per heavy atom. The molecule has 24 heavy (non-hydrogen) atoms. The number of hydrogen-bond donors (Lipinski definition) is 1. The first-order valence-corrected chi connectivity index (χ1v) is 9.39. The van der Waals surface area contributed by atoms with Crippen LogP contribution in [-0.2, 0) is 21.3 Å². The second-order valence-corrected chi connectivity index (χ2v) is 7.17. The van der Waals surface area contributed by atoms with Crippen LogP contribution in [0.2, 0.25) is 0 Å². The summed E-state index contributed by atoms with van der Waals surface area (Å²) < 4.78 is 17.3. The molecule has 0 heterocycles. The summed E-state index contributed by atoms with van der Waals surface area (Å²) in [5.41, 5.74) is 2.01. The highest BCUT2D eigenvalue weighted by Gasteiger charge is 2.11. The maximum Gasteiger partial charge on any atom is 0.221 e. The van der Waals surface area contributed by atoms with E-state index < -0.39 is 10.8 Å². The Labute approximate surface area is 145 Å². The molecule has 0 aliphatic rings. The maximum atomic E-state index is 12.2. The molecule has 0 aliphatic carbocycles. The van der Waals surface area contributed by atoms with Crippen LogP contribution in [0.15, 0.2) is 54.6 Å². The third-order valence-electron chi connectivity index (χ3n) is 3.70. The fraction of sp³-hybridized carbons (Fsp3) is 0.316. The second kappa shape index (κ2) is 9.23. The summed E-state index contributed by atoms with van der Waals surface area (Å²) in [5, 5.41) is 2.94. The van der Waals surface area contributed by atoms with E-state index in [1.54, 1.807) is 7.11 Å². The van der Waals surface area contributed by atoms with Crippen LogP contribution >= 0.6 is 0 Å². The van der Waals surface area contributed by atoms with Crippen molar-refractivity contribution in [1.82, 2.24) is 5.32 Å². The Hall–Kier alpha value is -2.14. The van der Waals surface area contributed by atoms with Crippen molar-refractivity contribution in [1.29, 1.82) is 0 Å². The molecule has 0 aliphatic heterocycles. The van der Waals surface area contributed by atoms with E-state index in [0.717, 1.165) is 16.9 Å². The van der Waals surface area contributed by atoms with Crippen LogP contribution in [0.4, 0.5) is 0 Å². The maximum absolute atomic E-state index is 12.2. The van der Waals surface area contributed by atoms with Crippen LogP contribution in [0, 0.1) is 0 Å². The predicted octanol–water partition coefficient (Wildman–Crippen LogP) is 3.21. The molecule has 0 saturated heterocycles. The van der Waals surface area contributed by atoms with Gasteiger partial charge in [-0.15, -0.1) is 0 Å². The smallest absolute Gasteiger partial charge is 0.221 e. The van der Waals surface area contributed by atoms with Gasteiger partial charge in [0.1, 0.15) is 5.75 Å². The number of carbonyl (C=O) groups excluding carboxylic acids is 1. The summed E-state index contributed by atoms with van der Waals surface area (Å²) in [6.45, 7) is 1.94. The van der Waals surface area contributed by atoms with Gasteiger partial charge in [0.05, 0.1) is 13.2 Å². The first-order chi connectivity index (χ1) is 11.6. The van der Waals surface area contributed by atoms with Gasteiger partial charge in [0.15, 0.2) is 0 Å². The van der Waals surface area contributed by atoms with E-state index >= 15 is 0 Å². The SMILES string of the molecule is COc1cccc(CS(=O)CCC(=O)NC(C)c2ccccc2)c1. The normalized spacial score (nSPS) is 13.1. The average molecular weight is 345 g/mol. The molecular weight excluding hydrogens is 322 g/mol. The Kier molecular flexibility index (Phi) is 7.00. The molecule has 0 bridgehead atoms. The van der Waals surface area contributed by atoms with E-state index in [9.17, 15) is 9.00 Å². The van der Waals surface area contributed by atoms with E-state index in [1.165, 1.54) is 0 Å². The summed E-state index contributed by atoms with van der Waals surface area (Å²) in [6, 6.07) is 17.3. The Balaban J connectivity index is 1.77. The molecule has 128 valence electrons. The highest BCUT2D eigenvalue weighted by Crippen LogP contribution is 2.14. The van der Waals surface area contributed by atoms with E-state index in [2.05, 4.69) is 5.32 Å². The molecule has 2 aromatic rings. The van der Waals surface area contributed by atoms with E-state index in [1.807, 2.05) is 61.5 Å². The molecule has 0 fully saturated rings. The van der Waals surface area contributed by atoms with Crippen molar-refractivity contribution in [3.05, 3.63) is 65.7 Å². The summed E-state index contributed by atoms with van der Waals surface area (Å²) in [4.78, 5) is 12.0. The standard InChI is InChI=1S/C19H23NO3S/c1-15(17-8-4-3-5-9-17)20-19(21)11-12-24(22)14-16-7-6-10-18(13-16)23-2/h3-10,13,15H,11-12,14H2,1-2H3,(H,20,21). The zero-order valence-corrected chi connectivity index (χ0v) is 14.8. The van der Waals surface area contributed by atoms with Crippen molar-refractivity contribution >= 4 is 16.7 Å². The molecule has 0 spiro atoms. The molecule has 2 aromatic carbocycles. The van der Waals surface area contributed by atoms with Gasteiger partial charge < -0.3 is 10.1 Å². The molecule has 2 rings (SSSR count). The highest BCUT2D eigenvalue weighted by molar-refractivity contribution is 7.84. The highest BCUT2D eigenvalue weighted by atomic mass is 32.2. The number of benzene rings is 2. The molecule has 0 aromatic heterocycles. The molecule has 4 nitrogen and oxygen atoms in total.